The van der Waals surface area contributed by atoms with E-state index in [0.717, 1.165) is 25.3 Å². The van der Waals surface area contributed by atoms with E-state index >= 15 is 0 Å². The van der Waals surface area contributed by atoms with Gasteiger partial charge in [-0.05, 0) is 30.7 Å². The molecule has 2 aromatic rings. The predicted octanol–water partition coefficient (Wildman–Crippen LogP) is 1.22. The van der Waals surface area contributed by atoms with Crippen molar-refractivity contribution in [1.29, 1.82) is 0 Å². The number of carbonyl (C=O) groups excluding carboxylic acids is 1. The quantitative estimate of drug-likeness (QED) is 0.828. The minimum absolute atomic E-state index is 0.162. The Hall–Kier alpha value is -2.34. The van der Waals surface area contributed by atoms with Crippen molar-refractivity contribution in [2.45, 2.75) is 6.42 Å². The molecule has 1 aliphatic heterocycles. The Morgan fingerprint density at radius 1 is 1.48 bits per heavy atom. The van der Waals surface area contributed by atoms with Crippen LogP contribution in [0.5, 0.6) is 0 Å². The number of nitrogens with one attached hydrogen (secondary N) is 1. The molecule has 110 valence electrons. The minimum atomic E-state index is -0.162. The van der Waals surface area contributed by atoms with Crippen LogP contribution in [0.1, 0.15) is 16.9 Å². The molecule has 6 heteroatoms. The van der Waals surface area contributed by atoms with E-state index in [-0.39, 0.29) is 5.91 Å². The molecule has 1 saturated heterocycles. The molecule has 1 aromatic carbocycles. The molecular formula is C15H18N4O2. The van der Waals surface area contributed by atoms with Crippen molar-refractivity contribution in [2.24, 2.45) is 5.92 Å². The highest BCUT2D eigenvalue weighted by molar-refractivity contribution is 5.92. The van der Waals surface area contributed by atoms with Gasteiger partial charge in [0, 0.05) is 31.0 Å². The van der Waals surface area contributed by atoms with Gasteiger partial charge >= 0.3 is 0 Å². The number of anilines is 1. The molecule has 6 nitrogen and oxygen atoms in total. The van der Waals surface area contributed by atoms with Crippen molar-refractivity contribution in [3.8, 4) is 5.69 Å². The molecule has 21 heavy (non-hydrogen) atoms. The molecule has 0 bridgehead atoms. The van der Waals surface area contributed by atoms with Gasteiger partial charge in [0.15, 0.2) is 5.69 Å². The van der Waals surface area contributed by atoms with Crippen molar-refractivity contribution in [1.82, 2.24) is 15.1 Å². The average Bonchev–Trinajstić information content (AvgIpc) is 3.16. The Bertz CT molecular complexity index is 632. The summed E-state index contributed by atoms with van der Waals surface area (Å²) in [5, 5.41) is 7.18. The van der Waals surface area contributed by atoms with E-state index in [1.165, 1.54) is 0 Å². The maximum atomic E-state index is 12.1. The molecule has 1 aliphatic rings. The summed E-state index contributed by atoms with van der Waals surface area (Å²) in [5.41, 5.74) is 7.64. The number of hydrogen-bond donors (Lipinski definition) is 2. The topological polar surface area (TPSA) is 82.2 Å². The number of aromatic nitrogens is 2. The highest BCUT2D eigenvalue weighted by Crippen LogP contribution is 2.13. The fraction of sp³-hybridized carbons (Fsp3) is 0.333. The van der Waals surface area contributed by atoms with Crippen molar-refractivity contribution in [2.75, 3.05) is 25.5 Å². The van der Waals surface area contributed by atoms with Crippen LogP contribution in [0.4, 0.5) is 5.69 Å². The van der Waals surface area contributed by atoms with Gasteiger partial charge in [-0.15, -0.1) is 0 Å². The Morgan fingerprint density at radius 2 is 2.38 bits per heavy atom. The lowest BCUT2D eigenvalue weighted by Crippen LogP contribution is -2.29. The van der Waals surface area contributed by atoms with Crippen LogP contribution in [0.25, 0.3) is 5.69 Å². The summed E-state index contributed by atoms with van der Waals surface area (Å²) in [7, 11) is 0. The molecule has 1 amide bonds. The molecule has 0 aliphatic carbocycles. The molecule has 3 N–H and O–H groups in total. The molecule has 1 atom stereocenters. The molecule has 1 aromatic heterocycles. The molecule has 0 saturated carbocycles. The number of nitrogen functional groups attached to an aromatic ring is 1. The molecule has 2 heterocycles. The van der Waals surface area contributed by atoms with Crippen molar-refractivity contribution in [3.05, 3.63) is 42.2 Å². The zero-order chi connectivity index (χ0) is 14.7. The standard InChI is InChI=1S/C15H18N4O2/c16-12-2-1-3-13(8-12)19-6-4-14(18-19)15(20)17-9-11-5-7-21-10-11/h1-4,6,8,11H,5,7,9-10,16H2,(H,17,20). The number of benzene rings is 1. The summed E-state index contributed by atoms with van der Waals surface area (Å²) in [5.74, 6) is 0.245. The summed E-state index contributed by atoms with van der Waals surface area (Å²) in [6.45, 7) is 2.13. The Morgan fingerprint density at radius 3 is 3.14 bits per heavy atom. The predicted molar refractivity (Wildman–Crippen MR) is 79.2 cm³/mol. The summed E-state index contributed by atoms with van der Waals surface area (Å²) in [6, 6.07) is 9.06. The molecule has 0 spiro atoms. The van der Waals surface area contributed by atoms with Gasteiger partial charge in [0.25, 0.3) is 5.91 Å². The van der Waals surface area contributed by atoms with Crippen LogP contribution in [-0.4, -0.2) is 35.4 Å². The van der Waals surface area contributed by atoms with E-state index in [4.69, 9.17) is 10.5 Å². The lowest BCUT2D eigenvalue weighted by Gasteiger charge is -2.08. The maximum absolute atomic E-state index is 12.1. The second-order valence-corrected chi connectivity index (χ2v) is 5.18. The highest BCUT2D eigenvalue weighted by Gasteiger charge is 2.17. The van der Waals surface area contributed by atoms with E-state index in [0.29, 0.717) is 23.8 Å². The number of rotatable bonds is 4. The first kappa shape index (κ1) is 13.6. The third kappa shape index (κ3) is 3.22. The van der Waals surface area contributed by atoms with Crippen LogP contribution in [0.15, 0.2) is 36.5 Å². The van der Waals surface area contributed by atoms with Gasteiger partial charge in [0.1, 0.15) is 0 Å². The highest BCUT2D eigenvalue weighted by atomic mass is 16.5. The van der Waals surface area contributed by atoms with E-state index in [1.54, 1.807) is 16.9 Å². The first-order valence-electron chi connectivity index (χ1n) is 7.00. The van der Waals surface area contributed by atoms with Crippen molar-refractivity contribution < 1.29 is 9.53 Å². The van der Waals surface area contributed by atoms with Gasteiger partial charge in [-0.25, -0.2) is 4.68 Å². The van der Waals surface area contributed by atoms with Crippen LogP contribution in [0, 0.1) is 5.92 Å². The van der Waals surface area contributed by atoms with E-state index in [1.807, 2.05) is 24.3 Å². The van der Waals surface area contributed by atoms with Crippen molar-refractivity contribution in [3.63, 3.8) is 0 Å². The van der Waals surface area contributed by atoms with E-state index < -0.39 is 0 Å². The zero-order valence-corrected chi connectivity index (χ0v) is 11.7. The Kier molecular flexibility index (Phi) is 3.87. The van der Waals surface area contributed by atoms with Gasteiger partial charge in [-0.2, -0.15) is 5.10 Å². The summed E-state index contributed by atoms with van der Waals surface area (Å²) in [6.07, 6.45) is 2.75. The van der Waals surface area contributed by atoms with Crippen LogP contribution in [0.2, 0.25) is 0 Å². The maximum Gasteiger partial charge on any atom is 0.271 e. The van der Waals surface area contributed by atoms with Crippen LogP contribution >= 0.6 is 0 Å². The van der Waals surface area contributed by atoms with Gasteiger partial charge in [-0.1, -0.05) is 6.07 Å². The third-order valence-corrected chi connectivity index (χ3v) is 3.53. The molecule has 0 radical (unpaired) electrons. The Labute approximate surface area is 122 Å². The SMILES string of the molecule is Nc1cccc(-n2ccc(C(=O)NCC3CCOC3)n2)c1. The largest absolute Gasteiger partial charge is 0.399 e. The third-order valence-electron chi connectivity index (χ3n) is 3.53. The smallest absolute Gasteiger partial charge is 0.271 e. The van der Waals surface area contributed by atoms with Crippen LogP contribution in [-0.2, 0) is 4.74 Å². The van der Waals surface area contributed by atoms with E-state index in [9.17, 15) is 4.79 Å². The average molecular weight is 286 g/mol. The van der Waals surface area contributed by atoms with Crippen LogP contribution in [0.3, 0.4) is 0 Å². The van der Waals surface area contributed by atoms with E-state index in [2.05, 4.69) is 10.4 Å². The summed E-state index contributed by atoms with van der Waals surface area (Å²) >= 11 is 0. The van der Waals surface area contributed by atoms with Gasteiger partial charge in [-0.3, -0.25) is 4.79 Å². The monoisotopic (exact) mass is 286 g/mol. The second-order valence-electron chi connectivity index (χ2n) is 5.18. The molecule has 1 fully saturated rings. The number of amides is 1. The normalized spacial score (nSPS) is 17.8. The summed E-state index contributed by atoms with van der Waals surface area (Å²) < 4.78 is 6.93. The molecule has 3 rings (SSSR count). The number of nitrogens with zero attached hydrogens (tertiary/aromatic N) is 2. The lowest BCUT2D eigenvalue weighted by molar-refractivity contribution is 0.0939. The van der Waals surface area contributed by atoms with Gasteiger partial charge < -0.3 is 15.8 Å². The molecule has 1 unspecified atom stereocenters. The number of carbonyl (C=O) groups is 1. The fourth-order valence-corrected chi connectivity index (χ4v) is 2.33. The number of hydrogen-bond acceptors (Lipinski definition) is 4. The molecular weight excluding hydrogens is 268 g/mol. The fourth-order valence-electron chi connectivity index (χ4n) is 2.33. The number of ether oxygens (including phenoxy) is 1. The van der Waals surface area contributed by atoms with Gasteiger partial charge in [0.2, 0.25) is 0 Å². The Balaban J connectivity index is 1.65. The van der Waals surface area contributed by atoms with Crippen LogP contribution < -0.4 is 11.1 Å². The second kappa shape index (κ2) is 5.97. The first-order chi connectivity index (χ1) is 10.2. The minimum Gasteiger partial charge on any atom is -0.399 e. The zero-order valence-electron chi connectivity index (χ0n) is 11.7. The lowest BCUT2D eigenvalue weighted by atomic mass is 10.1. The summed E-state index contributed by atoms with van der Waals surface area (Å²) in [4.78, 5) is 12.1. The number of nitrogens with two attached hydrogens (primary N) is 1. The van der Waals surface area contributed by atoms with Gasteiger partial charge in [0.05, 0.1) is 12.3 Å². The first-order valence-corrected chi connectivity index (χ1v) is 7.00. The van der Waals surface area contributed by atoms with Crippen molar-refractivity contribution >= 4 is 11.6 Å².